The number of ether oxygens (including phenoxy) is 2. The van der Waals surface area contributed by atoms with Crippen molar-refractivity contribution in [2.24, 2.45) is 0 Å². The third-order valence-electron chi connectivity index (χ3n) is 3.48. The molecule has 0 radical (unpaired) electrons. The lowest BCUT2D eigenvalue weighted by Gasteiger charge is -2.31. The molecule has 1 heterocycles. The Kier molecular flexibility index (Phi) is 4.09. The van der Waals surface area contributed by atoms with Gasteiger partial charge in [0.1, 0.15) is 24.7 Å². The van der Waals surface area contributed by atoms with E-state index in [4.69, 9.17) is 9.47 Å². The van der Waals surface area contributed by atoms with Crippen molar-refractivity contribution in [2.45, 2.75) is 0 Å². The van der Waals surface area contributed by atoms with Crippen molar-refractivity contribution in [3.8, 4) is 11.5 Å². The number of non-ortho nitro benzene ring substituents is 1. The van der Waals surface area contributed by atoms with Gasteiger partial charge in [-0.1, -0.05) is 18.2 Å². The molecule has 3 rings (SSSR count). The van der Waals surface area contributed by atoms with E-state index < -0.39 is 4.92 Å². The highest BCUT2D eigenvalue weighted by atomic mass is 16.6. The molecular formula is C16H16N2O4. The largest absolute Gasteiger partial charge is 0.491 e. The van der Waals surface area contributed by atoms with Gasteiger partial charge in [-0.3, -0.25) is 10.1 Å². The van der Waals surface area contributed by atoms with Crippen molar-refractivity contribution in [3.05, 3.63) is 58.6 Å². The average molecular weight is 300 g/mol. The van der Waals surface area contributed by atoms with E-state index in [2.05, 4.69) is 4.90 Å². The van der Waals surface area contributed by atoms with Crippen molar-refractivity contribution >= 4 is 11.4 Å². The van der Waals surface area contributed by atoms with Gasteiger partial charge in [-0.15, -0.1) is 0 Å². The summed E-state index contributed by atoms with van der Waals surface area (Å²) in [4.78, 5) is 12.5. The van der Waals surface area contributed by atoms with Gasteiger partial charge in [0, 0.05) is 6.07 Å². The van der Waals surface area contributed by atoms with Gasteiger partial charge >= 0.3 is 0 Å². The molecule has 0 bridgehead atoms. The lowest BCUT2D eigenvalue weighted by atomic mass is 10.2. The maximum Gasteiger partial charge on any atom is 0.273 e. The number of nitro benzene ring substituents is 1. The molecule has 2 aromatic rings. The van der Waals surface area contributed by atoms with Gasteiger partial charge in [-0.25, -0.2) is 0 Å². The van der Waals surface area contributed by atoms with E-state index in [1.165, 1.54) is 12.1 Å². The van der Waals surface area contributed by atoms with E-state index in [1.54, 1.807) is 12.1 Å². The number of hydrogen-bond acceptors (Lipinski definition) is 5. The van der Waals surface area contributed by atoms with Crippen molar-refractivity contribution < 1.29 is 14.4 Å². The van der Waals surface area contributed by atoms with Crippen LogP contribution in [0.5, 0.6) is 11.5 Å². The molecule has 0 saturated heterocycles. The van der Waals surface area contributed by atoms with Crippen LogP contribution in [-0.4, -0.2) is 31.2 Å². The third-order valence-corrected chi connectivity index (χ3v) is 3.48. The van der Waals surface area contributed by atoms with Crippen molar-refractivity contribution in [1.29, 1.82) is 0 Å². The van der Waals surface area contributed by atoms with Gasteiger partial charge in [-0.05, 0) is 18.2 Å². The summed E-state index contributed by atoms with van der Waals surface area (Å²) in [5.74, 6) is 1.39. The summed E-state index contributed by atoms with van der Waals surface area (Å²) in [7, 11) is 0. The molecule has 0 fully saturated rings. The van der Waals surface area contributed by atoms with Crippen molar-refractivity contribution in [1.82, 2.24) is 0 Å². The Morgan fingerprint density at radius 1 is 1.23 bits per heavy atom. The maximum atomic E-state index is 10.7. The van der Waals surface area contributed by atoms with Gasteiger partial charge < -0.3 is 14.4 Å². The molecule has 0 amide bonds. The van der Waals surface area contributed by atoms with Crippen LogP contribution in [0.2, 0.25) is 0 Å². The van der Waals surface area contributed by atoms with Crippen molar-refractivity contribution in [2.75, 3.05) is 31.2 Å². The lowest BCUT2D eigenvalue weighted by molar-refractivity contribution is -0.384. The Morgan fingerprint density at radius 2 is 2.09 bits per heavy atom. The molecule has 0 N–H and O–H groups in total. The van der Waals surface area contributed by atoms with Crippen LogP contribution in [0.25, 0.3) is 0 Å². The highest BCUT2D eigenvalue weighted by Crippen LogP contribution is 2.30. The minimum atomic E-state index is -0.426. The SMILES string of the molecule is O=[N+]([O-])c1cccc(OCCN2CCOc3ccccc32)c1. The van der Waals surface area contributed by atoms with Crippen LogP contribution in [0.1, 0.15) is 0 Å². The fourth-order valence-corrected chi connectivity index (χ4v) is 2.42. The number of nitrogens with zero attached hydrogens (tertiary/aromatic N) is 2. The molecule has 6 nitrogen and oxygen atoms in total. The van der Waals surface area contributed by atoms with Crippen LogP contribution >= 0.6 is 0 Å². The average Bonchev–Trinajstić information content (AvgIpc) is 2.55. The van der Waals surface area contributed by atoms with E-state index in [1.807, 2.05) is 24.3 Å². The van der Waals surface area contributed by atoms with E-state index in [9.17, 15) is 10.1 Å². The van der Waals surface area contributed by atoms with Crippen LogP contribution < -0.4 is 14.4 Å². The number of hydrogen-bond donors (Lipinski definition) is 0. The second-order valence-electron chi connectivity index (χ2n) is 4.91. The minimum absolute atomic E-state index is 0.0363. The molecule has 1 aliphatic rings. The smallest absolute Gasteiger partial charge is 0.273 e. The van der Waals surface area contributed by atoms with Gasteiger partial charge in [0.15, 0.2) is 0 Å². The molecule has 22 heavy (non-hydrogen) atoms. The van der Waals surface area contributed by atoms with Crippen LogP contribution in [0, 0.1) is 10.1 Å². The van der Waals surface area contributed by atoms with Gasteiger partial charge in [0.2, 0.25) is 0 Å². The summed E-state index contributed by atoms with van der Waals surface area (Å²) in [6, 6.07) is 14.1. The highest BCUT2D eigenvalue weighted by Gasteiger charge is 2.17. The number of para-hydroxylation sites is 2. The predicted molar refractivity (Wildman–Crippen MR) is 82.7 cm³/mol. The van der Waals surface area contributed by atoms with E-state index in [-0.39, 0.29) is 5.69 Å². The topological polar surface area (TPSA) is 64.8 Å². The maximum absolute atomic E-state index is 10.7. The first-order chi connectivity index (χ1) is 10.7. The standard InChI is InChI=1S/C16H16N2O4/c19-18(20)13-4-3-5-14(12-13)21-10-8-17-9-11-22-16-7-2-1-6-15(16)17/h1-7,12H,8-11H2. The summed E-state index contributed by atoms with van der Waals surface area (Å²) in [5.41, 5.74) is 1.09. The molecule has 0 aliphatic carbocycles. The summed E-state index contributed by atoms with van der Waals surface area (Å²) < 4.78 is 11.2. The predicted octanol–water partition coefficient (Wildman–Crippen LogP) is 2.87. The number of fused-ring (bicyclic) bond motifs is 1. The molecule has 1 aliphatic heterocycles. The molecule has 0 saturated carbocycles. The monoisotopic (exact) mass is 300 g/mol. The zero-order chi connectivity index (χ0) is 15.4. The van der Waals surface area contributed by atoms with E-state index >= 15 is 0 Å². The fraction of sp³-hybridized carbons (Fsp3) is 0.250. The Hall–Kier alpha value is -2.76. The Balaban J connectivity index is 1.60. The van der Waals surface area contributed by atoms with E-state index in [0.717, 1.165) is 18.0 Å². The number of anilines is 1. The zero-order valence-corrected chi connectivity index (χ0v) is 12.0. The lowest BCUT2D eigenvalue weighted by Crippen LogP contribution is -2.35. The molecule has 0 spiro atoms. The first kappa shape index (κ1) is 14.2. The highest BCUT2D eigenvalue weighted by molar-refractivity contribution is 5.59. The molecular weight excluding hydrogens is 284 g/mol. The number of benzene rings is 2. The normalized spacial score (nSPS) is 13.2. The fourth-order valence-electron chi connectivity index (χ4n) is 2.42. The van der Waals surface area contributed by atoms with Crippen LogP contribution in [-0.2, 0) is 0 Å². The first-order valence-corrected chi connectivity index (χ1v) is 7.08. The first-order valence-electron chi connectivity index (χ1n) is 7.08. The number of nitro groups is 1. The molecule has 0 atom stereocenters. The van der Waals surface area contributed by atoms with Crippen molar-refractivity contribution in [3.63, 3.8) is 0 Å². The molecule has 114 valence electrons. The number of rotatable bonds is 5. The zero-order valence-electron chi connectivity index (χ0n) is 12.0. The Morgan fingerprint density at radius 3 is 2.95 bits per heavy atom. The molecule has 0 unspecified atom stereocenters. The van der Waals surface area contributed by atoms with Crippen LogP contribution in [0.15, 0.2) is 48.5 Å². The van der Waals surface area contributed by atoms with Crippen LogP contribution in [0.4, 0.5) is 11.4 Å². The van der Waals surface area contributed by atoms with Gasteiger partial charge in [0.25, 0.3) is 5.69 Å². The summed E-state index contributed by atoms with van der Waals surface area (Å²) in [5, 5.41) is 10.7. The molecule has 0 aromatic heterocycles. The Bertz CT molecular complexity index is 675. The Labute approximate surface area is 128 Å². The summed E-state index contributed by atoms with van der Waals surface area (Å²) >= 11 is 0. The third kappa shape index (κ3) is 3.11. The second kappa shape index (κ2) is 6.34. The summed E-state index contributed by atoms with van der Waals surface area (Å²) in [6.07, 6.45) is 0. The van der Waals surface area contributed by atoms with Crippen LogP contribution in [0.3, 0.4) is 0 Å². The molecule has 6 heteroatoms. The quantitative estimate of drug-likeness (QED) is 0.627. The summed E-state index contributed by atoms with van der Waals surface area (Å²) in [6.45, 7) is 2.60. The minimum Gasteiger partial charge on any atom is -0.491 e. The molecule has 2 aromatic carbocycles. The van der Waals surface area contributed by atoms with Gasteiger partial charge in [-0.2, -0.15) is 0 Å². The second-order valence-corrected chi connectivity index (χ2v) is 4.91. The van der Waals surface area contributed by atoms with E-state index in [0.29, 0.717) is 25.5 Å². The van der Waals surface area contributed by atoms with Gasteiger partial charge in [0.05, 0.1) is 29.8 Å².